The molecular formula is C19H20Cl2N4O. The van der Waals surface area contributed by atoms with Crippen LogP contribution in [-0.4, -0.2) is 25.7 Å². The van der Waals surface area contributed by atoms with Gasteiger partial charge in [-0.05, 0) is 42.5 Å². The fourth-order valence-corrected chi connectivity index (χ4v) is 4.15. The van der Waals surface area contributed by atoms with Crippen molar-refractivity contribution in [1.82, 2.24) is 14.5 Å². The fraction of sp³-hybridized carbons (Fsp3) is 0.368. The van der Waals surface area contributed by atoms with Crippen molar-refractivity contribution in [3.05, 3.63) is 52.4 Å². The molecule has 3 aromatic rings. The summed E-state index contributed by atoms with van der Waals surface area (Å²) in [6.45, 7) is 2.64. The van der Waals surface area contributed by atoms with Gasteiger partial charge in [0.1, 0.15) is 17.8 Å². The average molecular weight is 391 g/mol. The van der Waals surface area contributed by atoms with Crippen LogP contribution in [0.4, 0.5) is 5.82 Å². The third-order valence-electron chi connectivity index (χ3n) is 5.18. The monoisotopic (exact) mass is 390 g/mol. The van der Waals surface area contributed by atoms with Crippen molar-refractivity contribution in [2.75, 3.05) is 5.32 Å². The van der Waals surface area contributed by atoms with Crippen LogP contribution in [0.2, 0.25) is 10.0 Å². The molecule has 0 spiro atoms. The second kappa shape index (κ2) is 7.06. The van der Waals surface area contributed by atoms with E-state index in [-0.39, 0.29) is 12.1 Å². The minimum atomic E-state index is -0.246. The highest BCUT2D eigenvalue weighted by molar-refractivity contribution is 6.35. The summed E-state index contributed by atoms with van der Waals surface area (Å²) in [5.74, 6) is 1.08. The smallest absolute Gasteiger partial charge is 0.145 e. The summed E-state index contributed by atoms with van der Waals surface area (Å²) in [6.07, 6.45) is 5.08. The largest absolute Gasteiger partial charge is 0.393 e. The van der Waals surface area contributed by atoms with Crippen molar-refractivity contribution in [1.29, 1.82) is 0 Å². The highest BCUT2D eigenvalue weighted by Crippen LogP contribution is 2.37. The Morgan fingerprint density at radius 2 is 2.08 bits per heavy atom. The van der Waals surface area contributed by atoms with E-state index in [4.69, 9.17) is 23.2 Å². The van der Waals surface area contributed by atoms with Gasteiger partial charge in [-0.15, -0.1) is 0 Å². The lowest BCUT2D eigenvalue weighted by atomic mass is 10.1. The van der Waals surface area contributed by atoms with E-state index < -0.39 is 0 Å². The Balaban J connectivity index is 1.59. The first-order chi connectivity index (χ1) is 12.5. The molecule has 2 heterocycles. The van der Waals surface area contributed by atoms with Crippen molar-refractivity contribution in [3.8, 4) is 0 Å². The molecule has 1 aliphatic carbocycles. The zero-order chi connectivity index (χ0) is 18.3. The predicted molar refractivity (Wildman–Crippen MR) is 105 cm³/mol. The van der Waals surface area contributed by atoms with Crippen LogP contribution in [0, 0.1) is 5.92 Å². The second-order valence-electron chi connectivity index (χ2n) is 6.94. The first-order valence-electron chi connectivity index (χ1n) is 8.70. The quantitative estimate of drug-likeness (QED) is 0.678. The number of aromatic nitrogens is 3. The number of aliphatic hydroxyl groups excluding tert-OH is 1. The number of hydrogen-bond donors (Lipinski definition) is 2. The Bertz CT molecular complexity index is 932. The Morgan fingerprint density at radius 1 is 1.23 bits per heavy atom. The van der Waals surface area contributed by atoms with Gasteiger partial charge in [-0.1, -0.05) is 36.2 Å². The maximum absolute atomic E-state index is 10.1. The number of fused-ring (bicyclic) bond motifs is 1. The summed E-state index contributed by atoms with van der Waals surface area (Å²) in [5.41, 5.74) is 1.84. The molecule has 4 rings (SSSR count). The molecule has 5 nitrogen and oxygen atoms in total. The van der Waals surface area contributed by atoms with Crippen LogP contribution in [-0.2, 0) is 6.54 Å². The molecule has 1 aliphatic rings. The molecular weight excluding hydrogens is 371 g/mol. The van der Waals surface area contributed by atoms with E-state index in [1.165, 1.54) is 0 Å². The van der Waals surface area contributed by atoms with E-state index in [0.717, 1.165) is 35.3 Å². The number of aliphatic hydroxyl groups is 1. The number of rotatable bonds is 4. The van der Waals surface area contributed by atoms with Gasteiger partial charge in [-0.2, -0.15) is 0 Å². The second-order valence-corrected chi connectivity index (χ2v) is 7.79. The van der Waals surface area contributed by atoms with E-state index in [9.17, 15) is 5.11 Å². The highest BCUT2D eigenvalue weighted by atomic mass is 35.5. The van der Waals surface area contributed by atoms with Gasteiger partial charge in [0.05, 0.1) is 11.5 Å². The number of halogens is 2. The molecule has 3 atom stereocenters. The molecule has 0 saturated heterocycles. The van der Waals surface area contributed by atoms with Crippen LogP contribution >= 0.6 is 23.2 Å². The van der Waals surface area contributed by atoms with E-state index >= 15 is 0 Å². The van der Waals surface area contributed by atoms with E-state index in [1.807, 2.05) is 24.4 Å². The van der Waals surface area contributed by atoms with Crippen molar-refractivity contribution in [2.45, 2.75) is 38.5 Å². The van der Waals surface area contributed by atoms with E-state index in [2.05, 4.69) is 26.8 Å². The number of hydrogen-bond acceptors (Lipinski definition) is 4. The van der Waals surface area contributed by atoms with Crippen LogP contribution in [0.25, 0.3) is 11.0 Å². The van der Waals surface area contributed by atoms with Gasteiger partial charge in [-0.25, -0.2) is 9.97 Å². The van der Waals surface area contributed by atoms with Crippen molar-refractivity contribution < 1.29 is 5.11 Å². The summed E-state index contributed by atoms with van der Waals surface area (Å²) in [5, 5.41) is 15.6. The third-order valence-corrected chi connectivity index (χ3v) is 5.77. The van der Waals surface area contributed by atoms with Crippen molar-refractivity contribution >= 4 is 40.1 Å². The van der Waals surface area contributed by atoms with Crippen LogP contribution in [0.3, 0.4) is 0 Å². The van der Waals surface area contributed by atoms with Crippen molar-refractivity contribution in [3.63, 3.8) is 0 Å². The fourth-order valence-electron chi connectivity index (χ4n) is 3.67. The Kier molecular flexibility index (Phi) is 4.78. The summed E-state index contributed by atoms with van der Waals surface area (Å²) >= 11 is 12.2. The Hall–Kier alpha value is -1.82. The molecule has 7 heteroatoms. The molecule has 26 heavy (non-hydrogen) atoms. The van der Waals surface area contributed by atoms with Gasteiger partial charge in [0, 0.05) is 28.8 Å². The lowest BCUT2D eigenvalue weighted by molar-refractivity contribution is 0.139. The highest BCUT2D eigenvalue weighted by Gasteiger charge is 2.31. The van der Waals surface area contributed by atoms with Crippen LogP contribution in [0.5, 0.6) is 0 Å². The normalized spacial score (nSPS) is 22.8. The molecule has 0 amide bonds. The summed E-state index contributed by atoms with van der Waals surface area (Å²) in [4.78, 5) is 8.85. The topological polar surface area (TPSA) is 63.0 Å². The maximum atomic E-state index is 10.1. The van der Waals surface area contributed by atoms with Gasteiger partial charge in [-0.3, -0.25) is 0 Å². The zero-order valence-electron chi connectivity index (χ0n) is 14.4. The first kappa shape index (κ1) is 17.6. The molecule has 2 N–H and O–H groups in total. The molecule has 1 saturated carbocycles. The molecule has 0 bridgehead atoms. The first-order valence-corrected chi connectivity index (χ1v) is 9.46. The molecule has 136 valence electrons. The van der Waals surface area contributed by atoms with E-state index in [0.29, 0.717) is 22.5 Å². The SMILES string of the molecule is C[C@H]1C[C@@H](n2ccc3c(NCc4ccc(Cl)cc4Cl)ncnc32)C[C@@H]1O. The molecule has 0 unspecified atom stereocenters. The van der Waals surface area contributed by atoms with Gasteiger partial charge in [0.2, 0.25) is 0 Å². The molecule has 1 fully saturated rings. The lowest BCUT2D eigenvalue weighted by Crippen LogP contribution is -2.09. The number of nitrogens with one attached hydrogen (secondary N) is 1. The summed E-state index contributed by atoms with van der Waals surface area (Å²) in [6, 6.07) is 7.76. The van der Waals surface area contributed by atoms with Crippen LogP contribution in [0.15, 0.2) is 36.8 Å². The summed E-state index contributed by atoms with van der Waals surface area (Å²) < 4.78 is 2.16. The average Bonchev–Trinajstić information content (AvgIpc) is 3.18. The van der Waals surface area contributed by atoms with Gasteiger partial charge in [0.25, 0.3) is 0 Å². The Labute approximate surface area is 162 Å². The van der Waals surface area contributed by atoms with Crippen molar-refractivity contribution in [2.24, 2.45) is 5.92 Å². The van der Waals surface area contributed by atoms with E-state index in [1.54, 1.807) is 12.4 Å². The van der Waals surface area contributed by atoms with Crippen LogP contribution < -0.4 is 5.32 Å². The van der Waals surface area contributed by atoms with Gasteiger partial charge >= 0.3 is 0 Å². The molecule has 1 aromatic carbocycles. The minimum absolute atomic E-state index is 0.246. The van der Waals surface area contributed by atoms with Gasteiger partial charge < -0.3 is 15.0 Å². The molecule has 2 aromatic heterocycles. The summed E-state index contributed by atoms with van der Waals surface area (Å²) in [7, 11) is 0. The Morgan fingerprint density at radius 3 is 2.81 bits per heavy atom. The number of nitrogens with zero attached hydrogens (tertiary/aromatic N) is 3. The zero-order valence-corrected chi connectivity index (χ0v) is 15.9. The third kappa shape index (κ3) is 3.27. The lowest BCUT2D eigenvalue weighted by Gasteiger charge is -2.13. The number of anilines is 1. The van der Waals surface area contributed by atoms with Crippen LogP contribution in [0.1, 0.15) is 31.4 Å². The van der Waals surface area contributed by atoms with Gasteiger partial charge in [0.15, 0.2) is 0 Å². The maximum Gasteiger partial charge on any atom is 0.145 e. The minimum Gasteiger partial charge on any atom is -0.393 e. The molecule has 0 aliphatic heterocycles. The molecule has 0 radical (unpaired) electrons. The number of benzene rings is 1. The predicted octanol–water partition coefficient (Wildman–Crippen LogP) is 4.68. The standard InChI is InChI=1S/C19H20Cl2N4O/c1-11-6-14(8-17(11)26)25-5-4-15-18(23-10-24-19(15)25)22-9-12-2-3-13(20)7-16(12)21/h2-5,7,10-11,14,17,26H,6,8-9H2,1H3,(H,22,23,24)/t11-,14+,17-/m0/s1.